The molecule has 0 atom stereocenters. The van der Waals surface area contributed by atoms with Crippen molar-refractivity contribution >= 4 is 5.69 Å². The molecule has 74 valence electrons. The van der Waals surface area contributed by atoms with Gasteiger partial charge in [-0.2, -0.15) is 10.4 Å². The lowest BCUT2D eigenvalue weighted by atomic mass is 10.3. The third-order valence-electron chi connectivity index (χ3n) is 1.82. The Bertz CT molecular complexity index is 391. The number of nitriles is 1. The molecule has 0 saturated heterocycles. The van der Waals surface area contributed by atoms with Gasteiger partial charge in [-0.3, -0.25) is 4.79 Å². The summed E-state index contributed by atoms with van der Waals surface area (Å²) >= 11 is 0. The monoisotopic (exact) mass is 192 g/mol. The Morgan fingerprint density at radius 2 is 2.50 bits per heavy atom. The number of hydrogen-bond donors (Lipinski definition) is 1. The molecule has 1 heterocycles. The van der Waals surface area contributed by atoms with Crippen LogP contribution >= 0.6 is 0 Å². The van der Waals surface area contributed by atoms with Gasteiger partial charge in [0.15, 0.2) is 0 Å². The Labute approximate surface area is 82.0 Å². The van der Waals surface area contributed by atoms with Gasteiger partial charge in [-0.15, -0.1) is 0 Å². The number of hydrogen-bond acceptors (Lipinski definition) is 4. The predicted octanol–water partition coefficient (Wildman–Crippen LogP) is 0.589. The van der Waals surface area contributed by atoms with Crippen LogP contribution in [0.5, 0.6) is 0 Å². The van der Waals surface area contributed by atoms with Crippen LogP contribution in [-0.4, -0.2) is 16.8 Å². The van der Waals surface area contributed by atoms with E-state index in [9.17, 15) is 4.79 Å². The molecule has 0 aromatic carbocycles. The van der Waals surface area contributed by atoms with Gasteiger partial charge in [-0.05, 0) is 6.42 Å². The number of nitrogens with zero attached hydrogens (tertiary/aromatic N) is 3. The zero-order chi connectivity index (χ0) is 10.4. The third kappa shape index (κ3) is 2.59. The fourth-order valence-electron chi connectivity index (χ4n) is 1.05. The van der Waals surface area contributed by atoms with Crippen molar-refractivity contribution in [1.29, 1.82) is 5.26 Å². The molecule has 14 heavy (non-hydrogen) atoms. The average Bonchev–Trinajstić information content (AvgIpc) is 2.20. The van der Waals surface area contributed by atoms with Crippen LogP contribution in [0.2, 0.25) is 0 Å². The van der Waals surface area contributed by atoms with Crippen LogP contribution in [0.1, 0.15) is 12.8 Å². The highest BCUT2D eigenvalue weighted by molar-refractivity contribution is 5.37. The Balaban J connectivity index is 2.70. The number of aryl methyl sites for hydroxylation is 1. The average molecular weight is 192 g/mol. The smallest absolute Gasteiger partial charge is 0.268 e. The SMILES string of the molecule is CNc1cnn(CCCC#N)c(=O)c1. The maximum absolute atomic E-state index is 11.4. The fraction of sp³-hybridized carbons (Fsp3) is 0.444. The Kier molecular flexibility index (Phi) is 3.68. The summed E-state index contributed by atoms with van der Waals surface area (Å²) in [6, 6.07) is 3.51. The second-order valence-corrected chi connectivity index (χ2v) is 2.82. The largest absolute Gasteiger partial charge is 0.387 e. The van der Waals surface area contributed by atoms with Crippen LogP contribution in [0.3, 0.4) is 0 Å². The van der Waals surface area contributed by atoms with Crippen molar-refractivity contribution in [2.24, 2.45) is 0 Å². The standard InChI is InChI=1S/C9H12N4O/c1-11-8-6-9(14)13(12-7-8)5-3-2-4-10/h6-7,11H,2-3,5H2,1H3. The fourth-order valence-corrected chi connectivity index (χ4v) is 1.05. The molecule has 1 aromatic rings. The number of rotatable bonds is 4. The highest BCUT2D eigenvalue weighted by atomic mass is 16.1. The normalized spacial score (nSPS) is 9.43. The lowest BCUT2D eigenvalue weighted by Crippen LogP contribution is -2.22. The van der Waals surface area contributed by atoms with E-state index < -0.39 is 0 Å². The molecule has 5 nitrogen and oxygen atoms in total. The van der Waals surface area contributed by atoms with Crippen LogP contribution in [-0.2, 0) is 6.54 Å². The predicted molar refractivity (Wildman–Crippen MR) is 52.9 cm³/mol. The summed E-state index contributed by atoms with van der Waals surface area (Å²) in [4.78, 5) is 11.4. The van der Waals surface area contributed by atoms with Crippen molar-refractivity contribution in [3.63, 3.8) is 0 Å². The summed E-state index contributed by atoms with van der Waals surface area (Å²) in [6.45, 7) is 0.496. The molecule has 0 bridgehead atoms. The number of anilines is 1. The van der Waals surface area contributed by atoms with E-state index in [-0.39, 0.29) is 5.56 Å². The first-order valence-corrected chi connectivity index (χ1v) is 4.40. The van der Waals surface area contributed by atoms with Gasteiger partial charge in [0.1, 0.15) is 0 Å². The van der Waals surface area contributed by atoms with Crippen molar-refractivity contribution in [1.82, 2.24) is 9.78 Å². The van der Waals surface area contributed by atoms with E-state index in [1.54, 1.807) is 13.2 Å². The zero-order valence-electron chi connectivity index (χ0n) is 8.03. The Hall–Kier alpha value is -1.83. The van der Waals surface area contributed by atoms with Crippen LogP contribution in [0.25, 0.3) is 0 Å². The molecule has 1 rings (SSSR count). The summed E-state index contributed by atoms with van der Waals surface area (Å²) < 4.78 is 1.36. The number of aromatic nitrogens is 2. The lowest BCUT2D eigenvalue weighted by molar-refractivity contribution is 0.555. The van der Waals surface area contributed by atoms with Gasteiger partial charge < -0.3 is 5.32 Å². The van der Waals surface area contributed by atoms with Gasteiger partial charge in [0.2, 0.25) is 0 Å². The molecule has 0 radical (unpaired) electrons. The molecular weight excluding hydrogens is 180 g/mol. The molecule has 0 unspecified atom stereocenters. The van der Waals surface area contributed by atoms with Gasteiger partial charge in [0.05, 0.1) is 18.0 Å². The van der Waals surface area contributed by atoms with E-state index >= 15 is 0 Å². The van der Waals surface area contributed by atoms with Crippen LogP contribution in [0.4, 0.5) is 5.69 Å². The van der Waals surface area contributed by atoms with Gasteiger partial charge in [-0.1, -0.05) is 0 Å². The minimum atomic E-state index is -0.144. The van der Waals surface area contributed by atoms with Gasteiger partial charge in [-0.25, -0.2) is 4.68 Å². The van der Waals surface area contributed by atoms with Crippen molar-refractivity contribution < 1.29 is 0 Å². The summed E-state index contributed by atoms with van der Waals surface area (Å²) in [7, 11) is 1.73. The van der Waals surface area contributed by atoms with Crippen LogP contribution in [0.15, 0.2) is 17.1 Å². The number of nitrogens with one attached hydrogen (secondary N) is 1. The summed E-state index contributed by atoms with van der Waals surface area (Å²) in [6.07, 6.45) is 2.69. The summed E-state index contributed by atoms with van der Waals surface area (Å²) in [5.41, 5.74) is 0.557. The Morgan fingerprint density at radius 3 is 3.07 bits per heavy atom. The molecule has 0 saturated carbocycles. The maximum Gasteiger partial charge on any atom is 0.268 e. The van der Waals surface area contributed by atoms with E-state index in [1.807, 2.05) is 6.07 Å². The first kappa shape index (κ1) is 10.3. The molecule has 1 aromatic heterocycles. The minimum Gasteiger partial charge on any atom is -0.387 e. The quantitative estimate of drug-likeness (QED) is 0.709. The maximum atomic E-state index is 11.4. The first-order chi connectivity index (χ1) is 6.77. The summed E-state index contributed by atoms with van der Waals surface area (Å²) in [5, 5.41) is 15.1. The molecule has 0 aliphatic heterocycles. The first-order valence-electron chi connectivity index (χ1n) is 4.40. The van der Waals surface area contributed by atoms with E-state index in [0.717, 1.165) is 0 Å². The van der Waals surface area contributed by atoms with Crippen molar-refractivity contribution in [3.8, 4) is 6.07 Å². The van der Waals surface area contributed by atoms with Crippen molar-refractivity contribution in [2.75, 3.05) is 12.4 Å². The van der Waals surface area contributed by atoms with E-state index in [1.165, 1.54) is 10.7 Å². The molecule has 1 N–H and O–H groups in total. The van der Waals surface area contributed by atoms with Crippen molar-refractivity contribution in [2.45, 2.75) is 19.4 Å². The molecule has 5 heteroatoms. The Morgan fingerprint density at radius 1 is 1.71 bits per heavy atom. The second kappa shape index (κ2) is 5.02. The molecular formula is C9H12N4O. The molecule has 0 aliphatic rings. The van der Waals surface area contributed by atoms with Crippen LogP contribution in [0, 0.1) is 11.3 Å². The minimum absolute atomic E-state index is 0.144. The topological polar surface area (TPSA) is 70.7 Å². The van der Waals surface area contributed by atoms with E-state index in [0.29, 0.717) is 25.1 Å². The van der Waals surface area contributed by atoms with Gasteiger partial charge in [0.25, 0.3) is 5.56 Å². The van der Waals surface area contributed by atoms with Crippen LogP contribution < -0.4 is 10.9 Å². The van der Waals surface area contributed by atoms with Gasteiger partial charge >= 0.3 is 0 Å². The van der Waals surface area contributed by atoms with Gasteiger partial charge in [0, 0.05) is 26.1 Å². The summed E-state index contributed by atoms with van der Waals surface area (Å²) in [5.74, 6) is 0. The van der Waals surface area contributed by atoms with E-state index in [4.69, 9.17) is 5.26 Å². The second-order valence-electron chi connectivity index (χ2n) is 2.82. The lowest BCUT2D eigenvalue weighted by Gasteiger charge is -2.03. The highest BCUT2D eigenvalue weighted by Crippen LogP contribution is 1.97. The molecule has 0 amide bonds. The number of unbranched alkanes of at least 4 members (excludes halogenated alkanes) is 1. The van der Waals surface area contributed by atoms with E-state index in [2.05, 4.69) is 10.4 Å². The highest BCUT2D eigenvalue weighted by Gasteiger charge is 1.97. The third-order valence-corrected chi connectivity index (χ3v) is 1.82. The molecule has 0 fully saturated rings. The molecule has 0 aliphatic carbocycles. The van der Waals surface area contributed by atoms with Crippen molar-refractivity contribution in [3.05, 3.63) is 22.6 Å². The zero-order valence-corrected chi connectivity index (χ0v) is 8.03. The molecule has 0 spiro atoms.